The van der Waals surface area contributed by atoms with Gasteiger partial charge in [-0.2, -0.15) is 4.98 Å². The molecule has 1 saturated carbocycles. The Morgan fingerprint density at radius 3 is 3.12 bits per heavy atom. The van der Waals surface area contributed by atoms with E-state index < -0.39 is 0 Å². The van der Waals surface area contributed by atoms with Crippen molar-refractivity contribution in [1.29, 1.82) is 0 Å². The van der Waals surface area contributed by atoms with Crippen molar-refractivity contribution in [3.05, 3.63) is 17.8 Å². The summed E-state index contributed by atoms with van der Waals surface area (Å²) in [7, 11) is 2.10. The van der Waals surface area contributed by atoms with Crippen LogP contribution in [0.3, 0.4) is 0 Å². The molecule has 1 N–H and O–H groups in total. The van der Waals surface area contributed by atoms with Crippen LogP contribution in [-0.2, 0) is 0 Å². The normalized spacial score (nSPS) is 26.8. The average molecular weight is 234 g/mol. The Kier molecular flexibility index (Phi) is 2.94. The zero-order chi connectivity index (χ0) is 11.7. The molecule has 1 aromatic heterocycles. The van der Waals surface area contributed by atoms with E-state index in [1.54, 1.807) is 0 Å². The molecular formula is C12H18N4O. The second kappa shape index (κ2) is 4.58. The Morgan fingerprint density at radius 2 is 2.35 bits per heavy atom. The monoisotopic (exact) mass is 234 g/mol. The van der Waals surface area contributed by atoms with Gasteiger partial charge in [0.25, 0.3) is 0 Å². The van der Waals surface area contributed by atoms with Gasteiger partial charge in [0, 0.05) is 19.6 Å². The van der Waals surface area contributed by atoms with Crippen molar-refractivity contribution in [3.8, 4) is 0 Å². The summed E-state index contributed by atoms with van der Waals surface area (Å²) in [6, 6.07) is 0.232. The number of allylic oxidation sites excluding steroid dienone is 1. The van der Waals surface area contributed by atoms with E-state index in [2.05, 4.69) is 33.5 Å². The molecule has 1 saturated heterocycles. The van der Waals surface area contributed by atoms with Gasteiger partial charge in [0.05, 0.1) is 6.04 Å². The summed E-state index contributed by atoms with van der Waals surface area (Å²) in [4.78, 5) is 6.70. The highest BCUT2D eigenvalue weighted by Gasteiger charge is 2.25. The molecule has 2 aliphatic rings. The first kappa shape index (κ1) is 10.9. The molecule has 5 heteroatoms. The minimum Gasteiger partial charge on any atom is -0.335 e. The summed E-state index contributed by atoms with van der Waals surface area (Å²) >= 11 is 0. The van der Waals surface area contributed by atoms with Crippen molar-refractivity contribution in [3.63, 3.8) is 0 Å². The predicted octanol–water partition coefficient (Wildman–Crippen LogP) is 1.07. The predicted molar refractivity (Wildman–Crippen MR) is 64.3 cm³/mol. The van der Waals surface area contributed by atoms with Crippen LogP contribution in [-0.4, -0.2) is 41.7 Å². The van der Waals surface area contributed by atoms with Crippen molar-refractivity contribution in [2.24, 2.45) is 5.92 Å². The Bertz CT molecular complexity index is 410. The van der Waals surface area contributed by atoms with Crippen molar-refractivity contribution in [1.82, 2.24) is 20.4 Å². The third-order valence-corrected chi connectivity index (χ3v) is 3.40. The van der Waals surface area contributed by atoms with E-state index in [9.17, 15) is 0 Å². The van der Waals surface area contributed by atoms with E-state index in [-0.39, 0.29) is 6.04 Å². The molecule has 92 valence electrons. The van der Waals surface area contributed by atoms with Crippen LogP contribution in [0.4, 0.5) is 0 Å². The average Bonchev–Trinajstić information content (AvgIpc) is 3.06. The van der Waals surface area contributed by atoms with E-state index in [1.807, 2.05) is 6.08 Å². The van der Waals surface area contributed by atoms with Gasteiger partial charge in [0.15, 0.2) is 5.82 Å². The Labute approximate surface area is 101 Å². The third kappa shape index (κ3) is 2.56. The fraction of sp³-hybridized carbons (Fsp3) is 0.667. The number of aromatic nitrogens is 2. The zero-order valence-electron chi connectivity index (χ0n) is 10.1. The highest BCUT2D eigenvalue weighted by Crippen LogP contribution is 2.30. The Hall–Kier alpha value is -1.20. The number of rotatable bonds is 3. The van der Waals surface area contributed by atoms with Gasteiger partial charge in [-0.05, 0) is 31.9 Å². The van der Waals surface area contributed by atoms with E-state index in [1.165, 1.54) is 12.8 Å². The van der Waals surface area contributed by atoms with Gasteiger partial charge in [-0.1, -0.05) is 11.2 Å². The topological polar surface area (TPSA) is 54.2 Å². The lowest BCUT2D eigenvalue weighted by atomic mass is 10.2. The SMILES string of the molecule is CN1CCNCC1c1noc(/C=C/C2CC2)n1. The van der Waals surface area contributed by atoms with Crippen molar-refractivity contribution in [2.75, 3.05) is 26.7 Å². The standard InChI is InChI=1S/C12H18N4O/c1-16-7-6-13-8-10(16)12-14-11(17-15-12)5-4-9-2-3-9/h4-5,9-10,13H,2-3,6-8H2,1H3/b5-4+. The van der Waals surface area contributed by atoms with Crippen LogP contribution in [0.15, 0.2) is 10.6 Å². The molecule has 1 atom stereocenters. The second-order valence-electron chi connectivity index (χ2n) is 4.89. The second-order valence-corrected chi connectivity index (χ2v) is 4.89. The summed E-state index contributed by atoms with van der Waals surface area (Å²) in [6.07, 6.45) is 6.71. The largest absolute Gasteiger partial charge is 0.335 e. The van der Waals surface area contributed by atoms with Crippen LogP contribution in [0.25, 0.3) is 6.08 Å². The maximum absolute atomic E-state index is 5.24. The summed E-state index contributed by atoms with van der Waals surface area (Å²) in [5, 5.41) is 7.42. The number of hydrogen-bond acceptors (Lipinski definition) is 5. The highest BCUT2D eigenvalue weighted by molar-refractivity contribution is 5.38. The first-order valence-corrected chi connectivity index (χ1v) is 6.26. The number of nitrogens with one attached hydrogen (secondary N) is 1. The van der Waals surface area contributed by atoms with Gasteiger partial charge < -0.3 is 9.84 Å². The lowest BCUT2D eigenvalue weighted by molar-refractivity contribution is 0.190. The first-order valence-electron chi connectivity index (χ1n) is 6.26. The van der Waals surface area contributed by atoms with Gasteiger partial charge in [-0.3, -0.25) is 4.90 Å². The van der Waals surface area contributed by atoms with Crippen LogP contribution in [0.1, 0.15) is 30.6 Å². The molecule has 5 nitrogen and oxygen atoms in total. The van der Waals surface area contributed by atoms with E-state index in [0.29, 0.717) is 5.89 Å². The van der Waals surface area contributed by atoms with E-state index in [4.69, 9.17) is 4.52 Å². The number of nitrogens with zero attached hydrogens (tertiary/aromatic N) is 3. The van der Waals surface area contributed by atoms with Crippen LogP contribution in [0.2, 0.25) is 0 Å². The first-order chi connectivity index (χ1) is 8.33. The quantitative estimate of drug-likeness (QED) is 0.847. The van der Waals surface area contributed by atoms with Crippen LogP contribution in [0.5, 0.6) is 0 Å². The molecule has 0 radical (unpaired) electrons. The lowest BCUT2D eigenvalue weighted by Crippen LogP contribution is -2.44. The lowest BCUT2D eigenvalue weighted by Gasteiger charge is -2.30. The summed E-state index contributed by atoms with van der Waals surface area (Å²) in [6.45, 7) is 2.94. The summed E-state index contributed by atoms with van der Waals surface area (Å²) in [5.41, 5.74) is 0. The number of piperazine rings is 1. The van der Waals surface area contributed by atoms with E-state index in [0.717, 1.165) is 31.4 Å². The number of hydrogen-bond donors (Lipinski definition) is 1. The molecule has 3 rings (SSSR count). The molecule has 1 aliphatic carbocycles. The summed E-state index contributed by atoms with van der Waals surface area (Å²) in [5.74, 6) is 2.16. The molecule has 2 fully saturated rings. The molecule has 0 amide bonds. The van der Waals surface area contributed by atoms with Crippen molar-refractivity contribution >= 4 is 6.08 Å². The minimum atomic E-state index is 0.232. The minimum absolute atomic E-state index is 0.232. The highest BCUT2D eigenvalue weighted by atomic mass is 16.5. The Morgan fingerprint density at radius 1 is 1.47 bits per heavy atom. The van der Waals surface area contributed by atoms with Crippen LogP contribution < -0.4 is 5.32 Å². The Balaban J connectivity index is 1.69. The third-order valence-electron chi connectivity index (χ3n) is 3.40. The zero-order valence-corrected chi connectivity index (χ0v) is 10.1. The van der Waals surface area contributed by atoms with Gasteiger partial charge in [0.1, 0.15) is 0 Å². The van der Waals surface area contributed by atoms with Crippen LogP contribution in [0, 0.1) is 5.92 Å². The van der Waals surface area contributed by atoms with Gasteiger partial charge >= 0.3 is 0 Å². The van der Waals surface area contributed by atoms with Gasteiger partial charge in [-0.25, -0.2) is 0 Å². The molecule has 1 aromatic rings. The van der Waals surface area contributed by atoms with Crippen molar-refractivity contribution < 1.29 is 4.52 Å². The van der Waals surface area contributed by atoms with E-state index >= 15 is 0 Å². The molecule has 17 heavy (non-hydrogen) atoms. The fourth-order valence-corrected chi connectivity index (χ4v) is 2.05. The molecular weight excluding hydrogens is 216 g/mol. The van der Waals surface area contributed by atoms with Crippen molar-refractivity contribution in [2.45, 2.75) is 18.9 Å². The smallest absolute Gasteiger partial charge is 0.250 e. The van der Waals surface area contributed by atoms with Gasteiger partial charge in [0.2, 0.25) is 5.89 Å². The molecule has 0 spiro atoms. The maximum atomic E-state index is 5.24. The molecule has 1 aliphatic heterocycles. The molecule has 2 heterocycles. The molecule has 0 aromatic carbocycles. The molecule has 0 bridgehead atoms. The van der Waals surface area contributed by atoms with Crippen LogP contribution >= 0.6 is 0 Å². The van der Waals surface area contributed by atoms with Gasteiger partial charge in [-0.15, -0.1) is 0 Å². The summed E-state index contributed by atoms with van der Waals surface area (Å²) < 4.78 is 5.24. The molecule has 1 unspecified atom stereocenters. The maximum Gasteiger partial charge on any atom is 0.250 e. The fourth-order valence-electron chi connectivity index (χ4n) is 2.05. The number of likely N-dealkylation sites (N-methyl/N-ethyl adjacent to an activating group) is 1.